The number of rotatable bonds is 4. The zero-order valence-electron chi connectivity index (χ0n) is 12.8. The molecule has 23 heavy (non-hydrogen) atoms. The quantitative estimate of drug-likeness (QED) is 0.776. The molecular formula is C19H19BrFNO. The summed E-state index contributed by atoms with van der Waals surface area (Å²) in [5.41, 5.74) is 1.98. The van der Waals surface area contributed by atoms with E-state index in [1.165, 1.54) is 17.7 Å². The number of carbonyl (C=O) groups is 1. The third-order valence-electron chi connectivity index (χ3n) is 4.33. The summed E-state index contributed by atoms with van der Waals surface area (Å²) >= 11 is 3.44. The van der Waals surface area contributed by atoms with Gasteiger partial charge in [-0.15, -0.1) is 0 Å². The van der Waals surface area contributed by atoms with Gasteiger partial charge in [0.1, 0.15) is 5.82 Å². The third kappa shape index (κ3) is 4.20. The molecule has 1 aliphatic heterocycles. The molecule has 1 heterocycles. The van der Waals surface area contributed by atoms with Crippen LogP contribution in [0.3, 0.4) is 0 Å². The largest absolute Gasteiger partial charge is 0.339 e. The summed E-state index contributed by atoms with van der Waals surface area (Å²) in [4.78, 5) is 14.5. The molecule has 2 aromatic rings. The lowest BCUT2D eigenvalue weighted by molar-refractivity contribution is -0.131. The zero-order chi connectivity index (χ0) is 16.2. The summed E-state index contributed by atoms with van der Waals surface area (Å²) in [6.07, 6.45) is 3.22. The minimum atomic E-state index is -0.289. The summed E-state index contributed by atoms with van der Waals surface area (Å²) in [5.74, 6) is -0.196. The Hall–Kier alpha value is -1.68. The second kappa shape index (κ2) is 7.26. The number of hydrogen-bond acceptors (Lipinski definition) is 1. The zero-order valence-corrected chi connectivity index (χ0v) is 14.4. The normalized spacial score (nSPS) is 17.5. The second-order valence-corrected chi connectivity index (χ2v) is 6.94. The first kappa shape index (κ1) is 16.2. The van der Waals surface area contributed by atoms with Crippen molar-refractivity contribution in [2.45, 2.75) is 31.7 Å². The van der Waals surface area contributed by atoms with Crippen LogP contribution >= 0.6 is 15.9 Å². The van der Waals surface area contributed by atoms with E-state index < -0.39 is 0 Å². The molecule has 0 aromatic heterocycles. The predicted molar refractivity (Wildman–Crippen MR) is 92.7 cm³/mol. The SMILES string of the molecule is O=C(Cc1cccc(F)c1)N1CCCC1Cc1ccc(Br)cc1. The van der Waals surface area contributed by atoms with Crippen molar-refractivity contribution in [3.63, 3.8) is 0 Å². The molecule has 1 atom stereocenters. The van der Waals surface area contributed by atoms with Crippen LogP contribution < -0.4 is 0 Å². The highest BCUT2D eigenvalue weighted by Crippen LogP contribution is 2.23. The molecule has 2 nitrogen and oxygen atoms in total. The number of amides is 1. The number of benzene rings is 2. The van der Waals surface area contributed by atoms with Gasteiger partial charge < -0.3 is 4.90 Å². The fourth-order valence-electron chi connectivity index (χ4n) is 3.19. The van der Waals surface area contributed by atoms with Crippen molar-refractivity contribution >= 4 is 21.8 Å². The highest BCUT2D eigenvalue weighted by molar-refractivity contribution is 9.10. The average molecular weight is 376 g/mol. The van der Waals surface area contributed by atoms with Crippen LogP contribution in [0, 0.1) is 5.82 Å². The molecular weight excluding hydrogens is 357 g/mol. The Morgan fingerprint density at radius 2 is 1.96 bits per heavy atom. The fraction of sp³-hybridized carbons (Fsp3) is 0.316. The van der Waals surface area contributed by atoms with E-state index in [2.05, 4.69) is 28.1 Å². The Morgan fingerprint density at radius 3 is 2.70 bits per heavy atom. The molecule has 1 fully saturated rings. The lowest BCUT2D eigenvalue weighted by atomic mass is 10.0. The summed E-state index contributed by atoms with van der Waals surface area (Å²) in [6.45, 7) is 0.801. The van der Waals surface area contributed by atoms with E-state index in [9.17, 15) is 9.18 Å². The lowest BCUT2D eigenvalue weighted by Gasteiger charge is -2.25. The van der Waals surface area contributed by atoms with E-state index in [0.29, 0.717) is 0 Å². The second-order valence-electron chi connectivity index (χ2n) is 6.02. The Bertz CT molecular complexity index is 686. The molecule has 0 saturated carbocycles. The molecule has 1 aliphatic rings. The molecule has 0 radical (unpaired) electrons. The first-order valence-corrected chi connectivity index (χ1v) is 8.69. The smallest absolute Gasteiger partial charge is 0.227 e. The molecule has 0 N–H and O–H groups in total. The number of halogens is 2. The van der Waals surface area contributed by atoms with Gasteiger partial charge in [-0.2, -0.15) is 0 Å². The number of nitrogens with zero attached hydrogens (tertiary/aromatic N) is 1. The highest BCUT2D eigenvalue weighted by atomic mass is 79.9. The van der Waals surface area contributed by atoms with Gasteiger partial charge in [0.05, 0.1) is 6.42 Å². The first-order chi connectivity index (χ1) is 11.1. The summed E-state index contributed by atoms with van der Waals surface area (Å²) in [7, 11) is 0. The molecule has 0 bridgehead atoms. The van der Waals surface area contributed by atoms with E-state index in [-0.39, 0.29) is 24.2 Å². The van der Waals surface area contributed by atoms with Crippen LogP contribution in [0.4, 0.5) is 4.39 Å². The van der Waals surface area contributed by atoms with Gasteiger partial charge in [-0.1, -0.05) is 40.2 Å². The molecule has 1 saturated heterocycles. The maximum Gasteiger partial charge on any atom is 0.227 e. The Morgan fingerprint density at radius 1 is 1.17 bits per heavy atom. The van der Waals surface area contributed by atoms with Crippen molar-refractivity contribution in [2.75, 3.05) is 6.54 Å². The van der Waals surface area contributed by atoms with Crippen molar-refractivity contribution in [1.29, 1.82) is 0 Å². The summed E-state index contributed by atoms with van der Waals surface area (Å²) in [6, 6.07) is 14.8. The highest BCUT2D eigenvalue weighted by Gasteiger charge is 2.28. The van der Waals surface area contributed by atoms with E-state index in [0.717, 1.165) is 35.8 Å². The molecule has 0 aliphatic carbocycles. The summed E-state index contributed by atoms with van der Waals surface area (Å²) < 4.78 is 14.3. The Balaban J connectivity index is 1.66. The van der Waals surface area contributed by atoms with Gasteiger partial charge in [0, 0.05) is 17.1 Å². The molecule has 1 unspecified atom stereocenters. The van der Waals surface area contributed by atoms with Crippen molar-refractivity contribution in [3.8, 4) is 0 Å². The predicted octanol–water partition coefficient (Wildman–Crippen LogP) is 4.36. The van der Waals surface area contributed by atoms with Crippen LogP contribution in [-0.4, -0.2) is 23.4 Å². The molecule has 2 aromatic carbocycles. The van der Waals surface area contributed by atoms with Crippen molar-refractivity contribution < 1.29 is 9.18 Å². The van der Waals surface area contributed by atoms with Crippen LogP contribution in [0.5, 0.6) is 0 Å². The molecule has 3 rings (SSSR count). The van der Waals surface area contributed by atoms with Crippen LogP contribution in [-0.2, 0) is 17.6 Å². The van der Waals surface area contributed by atoms with Gasteiger partial charge in [-0.3, -0.25) is 4.79 Å². The van der Waals surface area contributed by atoms with Crippen LogP contribution in [0.15, 0.2) is 53.0 Å². The van der Waals surface area contributed by atoms with E-state index >= 15 is 0 Å². The molecule has 4 heteroatoms. The maximum absolute atomic E-state index is 13.3. The Kier molecular flexibility index (Phi) is 5.11. The van der Waals surface area contributed by atoms with Crippen LogP contribution in [0.1, 0.15) is 24.0 Å². The monoisotopic (exact) mass is 375 g/mol. The number of carbonyl (C=O) groups excluding carboxylic acids is 1. The van der Waals surface area contributed by atoms with Gasteiger partial charge in [0.2, 0.25) is 5.91 Å². The lowest BCUT2D eigenvalue weighted by Crippen LogP contribution is -2.37. The fourth-order valence-corrected chi connectivity index (χ4v) is 3.46. The van der Waals surface area contributed by atoms with Gasteiger partial charge >= 0.3 is 0 Å². The molecule has 1 amide bonds. The van der Waals surface area contributed by atoms with E-state index in [1.54, 1.807) is 12.1 Å². The van der Waals surface area contributed by atoms with Crippen molar-refractivity contribution in [3.05, 3.63) is 69.9 Å². The third-order valence-corrected chi connectivity index (χ3v) is 4.86. The van der Waals surface area contributed by atoms with Gasteiger partial charge in [0.25, 0.3) is 0 Å². The van der Waals surface area contributed by atoms with E-state index in [1.807, 2.05) is 17.0 Å². The standard InChI is InChI=1S/C19H19BrFNO/c20-16-8-6-14(7-9-16)12-18-5-2-10-22(18)19(23)13-15-3-1-4-17(21)11-15/h1,3-4,6-9,11,18H,2,5,10,12-13H2. The number of hydrogen-bond donors (Lipinski definition) is 0. The Labute approximate surface area is 144 Å². The van der Waals surface area contributed by atoms with Crippen LogP contribution in [0.25, 0.3) is 0 Å². The minimum Gasteiger partial charge on any atom is -0.339 e. The number of likely N-dealkylation sites (tertiary alicyclic amines) is 1. The first-order valence-electron chi connectivity index (χ1n) is 7.90. The van der Waals surface area contributed by atoms with Crippen molar-refractivity contribution in [2.24, 2.45) is 0 Å². The van der Waals surface area contributed by atoms with E-state index in [4.69, 9.17) is 0 Å². The maximum atomic E-state index is 13.3. The average Bonchev–Trinajstić information content (AvgIpc) is 2.98. The van der Waals surface area contributed by atoms with Gasteiger partial charge in [-0.05, 0) is 54.7 Å². The van der Waals surface area contributed by atoms with Crippen molar-refractivity contribution in [1.82, 2.24) is 4.90 Å². The topological polar surface area (TPSA) is 20.3 Å². The molecule has 0 spiro atoms. The van der Waals surface area contributed by atoms with Gasteiger partial charge in [-0.25, -0.2) is 4.39 Å². The minimum absolute atomic E-state index is 0.0928. The molecule has 120 valence electrons. The summed E-state index contributed by atoms with van der Waals surface area (Å²) in [5, 5.41) is 0. The van der Waals surface area contributed by atoms with Crippen LogP contribution in [0.2, 0.25) is 0 Å². The van der Waals surface area contributed by atoms with Gasteiger partial charge in [0.15, 0.2) is 0 Å².